The number of allylic oxidation sites excluding steroid dienone is 1. The van der Waals surface area contributed by atoms with Gasteiger partial charge in [0.25, 0.3) is 0 Å². The maximum absolute atomic E-state index is 9.06. The lowest BCUT2D eigenvalue weighted by molar-refractivity contribution is 0.346. The lowest BCUT2D eigenvalue weighted by Crippen LogP contribution is -2.39. The van der Waals surface area contributed by atoms with Crippen LogP contribution < -0.4 is 5.32 Å². The summed E-state index contributed by atoms with van der Waals surface area (Å²) < 4.78 is 0.625. The molecule has 4 heteroatoms. The maximum Gasteiger partial charge on any atom is 0.123 e. The summed E-state index contributed by atoms with van der Waals surface area (Å²) in [5.74, 6) is 0.725. The van der Waals surface area contributed by atoms with Crippen LogP contribution in [-0.4, -0.2) is 17.6 Å². The van der Waals surface area contributed by atoms with E-state index in [0.29, 0.717) is 16.2 Å². The zero-order chi connectivity index (χ0) is 12.5. The number of pyridine rings is 1. The summed E-state index contributed by atoms with van der Waals surface area (Å²) in [6, 6.07) is 4.56. The lowest BCUT2D eigenvalue weighted by Gasteiger charge is -2.29. The predicted molar refractivity (Wildman–Crippen MR) is 73.8 cm³/mol. The van der Waals surface area contributed by atoms with Crippen LogP contribution in [0.3, 0.4) is 0 Å². The molecule has 0 unspecified atom stereocenters. The van der Waals surface area contributed by atoms with Gasteiger partial charge in [-0.15, -0.1) is 0 Å². The Labute approximate surface area is 115 Å². The Kier molecular flexibility index (Phi) is 3.19. The molecule has 1 saturated heterocycles. The topological polar surface area (TPSA) is 48.7 Å². The van der Waals surface area contributed by atoms with Crippen molar-refractivity contribution < 1.29 is 0 Å². The van der Waals surface area contributed by atoms with Crippen molar-refractivity contribution in [2.24, 2.45) is 5.92 Å². The number of piperidine rings is 1. The van der Waals surface area contributed by atoms with Crippen LogP contribution in [0.2, 0.25) is 0 Å². The van der Waals surface area contributed by atoms with Crippen LogP contribution in [0.15, 0.2) is 22.9 Å². The van der Waals surface area contributed by atoms with Gasteiger partial charge < -0.3 is 5.32 Å². The van der Waals surface area contributed by atoms with Crippen LogP contribution in [0, 0.1) is 17.2 Å². The number of hydrogen-bond donors (Lipinski definition) is 1. The fourth-order valence-corrected chi connectivity index (χ4v) is 3.27. The first kappa shape index (κ1) is 11.9. The molecule has 0 saturated carbocycles. The van der Waals surface area contributed by atoms with Crippen LogP contribution >= 0.6 is 15.9 Å². The molecule has 3 rings (SSSR count). The highest BCUT2D eigenvalue weighted by Crippen LogP contribution is 2.37. The van der Waals surface area contributed by atoms with Crippen molar-refractivity contribution in [3.63, 3.8) is 0 Å². The summed E-state index contributed by atoms with van der Waals surface area (Å²) in [6.45, 7) is 1.09. The molecule has 1 aliphatic carbocycles. The molecule has 92 valence electrons. The molecule has 1 fully saturated rings. The van der Waals surface area contributed by atoms with Crippen LogP contribution in [0.1, 0.15) is 30.4 Å². The molecule has 1 aromatic heterocycles. The van der Waals surface area contributed by atoms with Gasteiger partial charge in [-0.2, -0.15) is 5.26 Å². The summed E-state index contributed by atoms with van der Waals surface area (Å²) in [5, 5.41) is 12.7. The van der Waals surface area contributed by atoms with Crippen molar-refractivity contribution >= 4 is 21.5 Å². The highest BCUT2D eigenvalue weighted by Gasteiger charge is 2.32. The third-order valence-electron chi connectivity index (χ3n) is 3.86. The zero-order valence-electron chi connectivity index (χ0n) is 9.99. The van der Waals surface area contributed by atoms with Gasteiger partial charge in [-0.05, 0) is 64.9 Å². The average Bonchev–Trinajstić information content (AvgIpc) is 2.83. The summed E-state index contributed by atoms with van der Waals surface area (Å²) >= 11 is 3.30. The smallest absolute Gasteiger partial charge is 0.123 e. The van der Waals surface area contributed by atoms with Gasteiger partial charge in [0.1, 0.15) is 10.7 Å². The molecule has 0 aromatic carbocycles. The zero-order valence-corrected chi connectivity index (χ0v) is 11.6. The van der Waals surface area contributed by atoms with Crippen molar-refractivity contribution in [2.75, 3.05) is 6.54 Å². The van der Waals surface area contributed by atoms with Crippen molar-refractivity contribution in [1.29, 1.82) is 5.26 Å². The van der Waals surface area contributed by atoms with E-state index < -0.39 is 0 Å². The number of hydrogen-bond acceptors (Lipinski definition) is 3. The van der Waals surface area contributed by atoms with Crippen LogP contribution in [0.4, 0.5) is 0 Å². The number of aromatic nitrogens is 1. The van der Waals surface area contributed by atoms with Crippen LogP contribution in [0.25, 0.3) is 5.57 Å². The van der Waals surface area contributed by atoms with Gasteiger partial charge in [-0.3, -0.25) is 0 Å². The monoisotopic (exact) mass is 303 g/mol. The van der Waals surface area contributed by atoms with Crippen molar-refractivity contribution in [1.82, 2.24) is 10.3 Å². The molecule has 0 radical (unpaired) electrons. The summed E-state index contributed by atoms with van der Waals surface area (Å²) in [6.07, 6.45) is 7.87. The van der Waals surface area contributed by atoms with E-state index >= 15 is 0 Å². The third-order valence-corrected chi connectivity index (χ3v) is 4.49. The Balaban J connectivity index is 1.94. The fraction of sp³-hybridized carbons (Fsp3) is 0.429. The van der Waals surface area contributed by atoms with Crippen molar-refractivity contribution in [2.45, 2.75) is 25.3 Å². The van der Waals surface area contributed by atoms with E-state index in [0.717, 1.165) is 24.4 Å². The molecular weight excluding hydrogens is 290 g/mol. The number of rotatable bonds is 1. The highest BCUT2D eigenvalue weighted by molar-refractivity contribution is 9.10. The van der Waals surface area contributed by atoms with Gasteiger partial charge in [0.05, 0.1) is 5.56 Å². The predicted octanol–water partition coefficient (Wildman–Crippen LogP) is 2.87. The van der Waals surface area contributed by atoms with Crippen molar-refractivity contribution in [3.8, 4) is 6.07 Å². The minimum atomic E-state index is 0.452. The average molecular weight is 304 g/mol. The van der Waals surface area contributed by atoms with Gasteiger partial charge in [0.15, 0.2) is 0 Å². The number of fused-ring (bicyclic) bond motifs is 1. The minimum absolute atomic E-state index is 0.452. The molecule has 2 heterocycles. The van der Waals surface area contributed by atoms with Gasteiger partial charge >= 0.3 is 0 Å². The van der Waals surface area contributed by atoms with Gasteiger partial charge in [0, 0.05) is 12.2 Å². The number of nitrogens with one attached hydrogen (secondary N) is 1. The van der Waals surface area contributed by atoms with Gasteiger partial charge in [0.2, 0.25) is 0 Å². The van der Waals surface area contributed by atoms with Crippen LogP contribution in [0.5, 0.6) is 0 Å². The molecule has 0 spiro atoms. The normalized spacial score (nSPS) is 26.3. The standard InChI is InChI=1S/C14H14BrN3/c15-14-10(7-16)6-11(8-18-14)12-4-3-9-2-1-5-17-13(9)12/h4,6,8-9,13,17H,1-3,5H2/t9-,13-/m0/s1. The molecule has 0 bridgehead atoms. The molecular formula is C14H14BrN3. The molecule has 0 amide bonds. The van der Waals surface area contributed by atoms with Crippen LogP contribution in [-0.2, 0) is 0 Å². The first-order valence-corrected chi connectivity index (χ1v) is 7.08. The van der Waals surface area contributed by atoms with Gasteiger partial charge in [-0.1, -0.05) is 6.08 Å². The first-order valence-electron chi connectivity index (χ1n) is 6.29. The molecule has 2 aliphatic rings. The van der Waals surface area contributed by atoms with E-state index in [2.05, 4.69) is 38.4 Å². The van der Waals surface area contributed by atoms with E-state index in [1.807, 2.05) is 12.3 Å². The Morgan fingerprint density at radius 1 is 1.50 bits per heavy atom. The fourth-order valence-electron chi connectivity index (χ4n) is 2.96. The number of nitrogens with zero attached hydrogens (tertiary/aromatic N) is 2. The first-order chi connectivity index (χ1) is 8.79. The molecule has 2 atom stereocenters. The SMILES string of the molecule is N#Cc1cc(C2=CC[C@@H]3CCCN[C@H]23)cnc1Br. The third kappa shape index (κ3) is 1.98. The Morgan fingerprint density at radius 2 is 2.39 bits per heavy atom. The molecule has 3 nitrogen and oxygen atoms in total. The van der Waals surface area contributed by atoms with E-state index in [1.54, 1.807) is 0 Å². The summed E-state index contributed by atoms with van der Waals surface area (Å²) in [7, 11) is 0. The summed E-state index contributed by atoms with van der Waals surface area (Å²) in [5.41, 5.74) is 3.00. The number of nitriles is 1. The Morgan fingerprint density at radius 3 is 3.22 bits per heavy atom. The second-order valence-corrected chi connectivity index (χ2v) is 5.65. The molecule has 1 N–H and O–H groups in total. The Bertz CT molecular complexity index is 544. The number of halogens is 1. The largest absolute Gasteiger partial charge is 0.310 e. The molecule has 18 heavy (non-hydrogen) atoms. The molecule has 1 aromatic rings. The molecule has 1 aliphatic heterocycles. The van der Waals surface area contributed by atoms with Gasteiger partial charge in [-0.25, -0.2) is 4.98 Å². The second kappa shape index (κ2) is 4.83. The minimum Gasteiger partial charge on any atom is -0.310 e. The van der Waals surface area contributed by atoms with E-state index in [4.69, 9.17) is 5.26 Å². The maximum atomic E-state index is 9.06. The Hall–Kier alpha value is -1.18. The van der Waals surface area contributed by atoms with E-state index in [1.165, 1.54) is 18.4 Å². The lowest BCUT2D eigenvalue weighted by atomic mass is 9.88. The van der Waals surface area contributed by atoms with E-state index in [-0.39, 0.29) is 0 Å². The summed E-state index contributed by atoms with van der Waals surface area (Å²) in [4.78, 5) is 4.26. The highest BCUT2D eigenvalue weighted by atomic mass is 79.9. The van der Waals surface area contributed by atoms with Crippen molar-refractivity contribution in [3.05, 3.63) is 34.1 Å². The van der Waals surface area contributed by atoms with E-state index in [9.17, 15) is 0 Å². The quantitative estimate of drug-likeness (QED) is 0.812. The second-order valence-electron chi connectivity index (χ2n) is 4.90.